The highest BCUT2D eigenvalue weighted by Gasteiger charge is 2.18. The lowest BCUT2D eigenvalue weighted by Gasteiger charge is -2.20. The summed E-state index contributed by atoms with van der Waals surface area (Å²) in [6, 6.07) is 11.9. The monoisotopic (exact) mass is 478 g/mol. The maximum absolute atomic E-state index is 11.4. The van der Waals surface area contributed by atoms with Crippen LogP contribution < -0.4 is 0 Å². The van der Waals surface area contributed by atoms with Gasteiger partial charge in [0.2, 0.25) is 0 Å². The highest BCUT2D eigenvalue weighted by atomic mass is 16.3. The Morgan fingerprint density at radius 3 is 1.43 bits per heavy atom. The van der Waals surface area contributed by atoms with Crippen molar-refractivity contribution in [2.45, 2.75) is 143 Å². The zero-order chi connectivity index (χ0) is 25.5. The Bertz CT molecular complexity index is 822. The molecule has 2 aromatic rings. The van der Waals surface area contributed by atoms with E-state index in [0.29, 0.717) is 5.75 Å². The van der Waals surface area contributed by atoms with Gasteiger partial charge in [0.25, 0.3) is 0 Å². The molecule has 0 fully saturated rings. The first-order valence-electron chi connectivity index (χ1n) is 15.0. The predicted octanol–water partition coefficient (Wildman–Crippen LogP) is 10.5. The molecular weight excluding hydrogens is 424 g/mol. The van der Waals surface area contributed by atoms with Gasteiger partial charge in [-0.1, -0.05) is 116 Å². The van der Waals surface area contributed by atoms with Crippen LogP contribution in [0.4, 0.5) is 0 Å². The van der Waals surface area contributed by atoms with Gasteiger partial charge in [0.05, 0.1) is 0 Å². The van der Waals surface area contributed by atoms with Crippen molar-refractivity contribution in [2.24, 2.45) is 0 Å². The third-order valence-electron chi connectivity index (χ3n) is 7.58. The molecule has 196 valence electrons. The maximum atomic E-state index is 11.4. The molecule has 0 aliphatic heterocycles. The van der Waals surface area contributed by atoms with Crippen LogP contribution in [-0.4, -0.2) is 5.11 Å². The van der Waals surface area contributed by atoms with Crippen LogP contribution in [0.2, 0.25) is 0 Å². The Kier molecular flexibility index (Phi) is 14.2. The second kappa shape index (κ2) is 16.8. The zero-order valence-electron chi connectivity index (χ0n) is 23.7. The second-order valence-corrected chi connectivity index (χ2v) is 10.8. The standard InChI is InChI=1S/C34H54O/c1-6-10-14-18-28-22-29(19-15-11-7-2)25-32(24-28)27(5)33-26-30(20-16-12-8-3)23-31(34(33)35)21-17-13-9-4/h22-27,35H,6-21H2,1-5H3. The second-order valence-electron chi connectivity index (χ2n) is 10.8. The molecule has 0 heterocycles. The molecule has 0 aromatic heterocycles. The Morgan fingerprint density at radius 2 is 0.971 bits per heavy atom. The van der Waals surface area contributed by atoms with Crippen LogP contribution in [0.15, 0.2) is 30.3 Å². The zero-order valence-corrected chi connectivity index (χ0v) is 23.7. The number of hydrogen-bond donors (Lipinski definition) is 1. The maximum Gasteiger partial charge on any atom is 0.122 e. The molecule has 1 nitrogen and oxygen atoms in total. The molecule has 0 saturated carbocycles. The highest BCUT2D eigenvalue weighted by Crippen LogP contribution is 2.37. The van der Waals surface area contributed by atoms with Gasteiger partial charge >= 0.3 is 0 Å². The van der Waals surface area contributed by atoms with Gasteiger partial charge in [-0.05, 0) is 79.2 Å². The fourth-order valence-corrected chi connectivity index (χ4v) is 5.26. The van der Waals surface area contributed by atoms with Crippen molar-refractivity contribution in [3.8, 4) is 5.75 Å². The van der Waals surface area contributed by atoms with Crippen molar-refractivity contribution >= 4 is 0 Å². The predicted molar refractivity (Wildman–Crippen MR) is 155 cm³/mol. The number of benzene rings is 2. The summed E-state index contributed by atoms with van der Waals surface area (Å²) in [7, 11) is 0. The summed E-state index contributed by atoms with van der Waals surface area (Å²) in [6.07, 6.45) is 19.4. The SMILES string of the molecule is CCCCCc1cc(CCCCC)cc(C(C)c2cc(CCCCC)cc(CCCCC)c2O)c1. The number of rotatable bonds is 18. The Balaban J connectivity index is 2.40. The van der Waals surface area contributed by atoms with Crippen LogP contribution in [0.3, 0.4) is 0 Å². The van der Waals surface area contributed by atoms with E-state index in [0.717, 1.165) is 30.4 Å². The third-order valence-corrected chi connectivity index (χ3v) is 7.58. The first-order chi connectivity index (χ1) is 17.0. The van der Waals surface area contributed by atoms with E-state index >= 15 is 0 Å². The summed E-state index contributed by atoms with van der Waals surface area (Å²) < 4.78 is 0. The Labute approximate surface area is 217 Å². The number of phenols is 1. The lowest BCUT2D eigenvalue weighted by Crippen LogP contribution is -2.04. The minimum atomic E-state index is 0.210. The van der Waals surface area contributed by atoms with Gasteiger partial charge in [-0.2, -0.15) is 0 Å². The van der Waals surface area contributed by atoms with E-state index in [4.69, 9.17) is 0 Å². The normalized spacial score (nSPS) is 12.3. The van der Waals surface area contributed by atoms with Crippen LogP contribution in [0.5, 0.6) is 5.75 Å². The van der Waals surface area contributed by atoms with Gasteiger partial charge in [-0.25, -0.2) is 0 Å². The van der Waals surface area contributed by atoms with Crippen LogP contribution in [0, 0.1) is 0 Å². The Morgan fingerprint density at radius 1 is 0.543 bits per heavy atom. The van der Waals surface area contributed by atoms with E-state index in [-0.39, 0.29) is 5.92 Å². The molecule has 0 saturated heterocycles. The van der Waals surface area contributed by atoms with Crippen molar-refractivity contribution in [1.29, 1.82) is 0 Å². The molecular formula is C34H54O. The molecule has 1 atom stereocenters. The van der Waals surface area contributed by atoms with Crippen molar-refractivity contribution in [2.75, 3.05) is 0 Å². The van der Waals surface area contributed by atoms with E-state index in [1.807, 2.05) is 0 Å². The van der Waals surface area contributed by atoms with Crippen molar-refractivity contribution in [3.05, 3.63) is 63.7 Å². The fourth-order valence-electron chi connectivity index (χ4n) is 5.26. The molecule has 1 N–H and O–H groups in total. The quantitative estimate of drug-likeness (QED) is 0.211. The molecule has 2 rings (SSSR count). The number of aryl methyl sites for hydroxylation is 4. The summed E-state index contributed by atoms with van der Waals surface area (Å²) in [6.45, 7) is 11.4. The number of aromatic hydroxyl groups is 1. The van der Waals surface area contributed by atoms with Crippen molar-refractivity contribution in [1.82, 2.24) is 0 Å². The minimum Gasteiger partial charge on any atom is -0.507 e. The van der Waals surface area contributed by atoms with E-state index < -0.39 is 0 Å². The fraction of sp³-hybridized carbons (Fsp3) is 0.647. The smallest absolute Gasteiger partial charge is 0.122 e. The average molecular weight is 479 g/mol. The molecule has 0 bridgehead atoms. The highest BCUT2D eigenvalue weighted by molar-refractivity contribution is 5.49. The molecule has 0 amide bonds. The molecule has 0 aliphatic carbocycles. The Hall–Kier alpha value is -1.76. The van der Waals surface area contributed by atoms with E-state index in [9.17, 15) is 5.11 Å². The van der Waals surface area contributed by atoms with Gasteiger partial charge in [0, 0.05) is 11.5 Å². The van der Waals surface area contributed by atoms with Gasteiger partial charge in [0.15, 0.2) is 0 Å². The van der Waals surface area contributed by atoms with Crippen LogP contribution >= 0.6 is 0 Å². The van der Waals surface area contributed by atoms with Crippen molar-refractivity contribution < 1.29 is 5.11 Å². The first-order valence-corrected chi connectivity index (χ1v) is 15.0. The summed E-state index contributed by atoms with van der Waals surface area (Å²) in [5.41, 5.74) is 8.05. The number of hydrogen-bond acceptors (Lipinski definition) is 1. The summed E-state index contributed by atoms with van der Waals surface area (Å²) in [5.74, 6) is 0.763. The van der Waals surface area contributed by atoms with Crippen LogP contribution in [-0.2, 0) is 25.7 Å². The van der Waals surface area contributed by atoms with Gasteiger partial charge in [0.1, 0.15) is 5.75 Å². The first kappa shape index (κ1) is 29.5. The lowest BCUT2D eigenvalue weighted by molar-refractivity contribution is 0.457. The van der Waals surface area contributed by atoms with Crippen LogP contribution in [0.25, 0.3) is 0 Å². The third kappa shape index (κ3) is 10.0. The van der Waals surface area contributed by atoms with Gasteiger partial charge < -0.3 is 5.11 Å². The molecule has 2 aromatic carbocycles. The molecule has 0 aliphatic rings. The largest absolute Gasteiger partial charge is 0.507 e. The van der Waals surface area contributed by atoms with E-state index in [1.54, 1.807) is 0 Å². The van der Waals surface area contributed by atoms with E-state index in [2.05, 4.69) is 65.0 Å². The number of unbranched alkanes of at least 4 members (excludes halogenated alkanes) is 8. The summed E-state index contributed by atoms with van der Waals surface area (Å²) in [4.78, 5) is 0. The molecule has 0 spiro atoms. The molecule has 0 radical (unpaired) electrons. The topological polar surface area (TPSA) is 20.2 Å². The minimum absolute atomic E-state index is 0.210. The molecule has 1 heteroatoms. The molecule has 1 unspecified atom stereocenters. The van der Waals surface area contributed by atoms with E-state index in [1.165, 1.54) is 106 Å². The molecule has 35 heavy (non-hydrogen) atoms. The van der Waals surface area contributed by atoms with Crippen molar-refractivity contribution in [3.63, 3.8) is 0 Å². The summed E-state index contributed by atoms with van der Waals surface area (Å²) >= 11 is 0. The summed E-state index contributed by atoms with van der Waals surface area (Å²) in [5, 5.41) is 11.4. The van der Waals surface area contributed by atoms with Crippen LogP contribution in [0.1, 0.15) is 151 Å². The lowest BCUT2D eigenvalue weighted by atomic mass is 9.85. The number of phenolic OH excluding ortho intramolecular Hbond substituents is 1. The average Bonchev–Trinajstić information content (AvgIpc) is 2.86. The van der Waals surface area contributed by atoms with Gasteiger partial charge in [-0.3, -0.25) is 0 Å². The van der Waals surface area contributed by atoms with Gasteiger partial charge in [-0.15, -0.1) is 0 Å².